The van der Waals surface area contributed by atoms with Crippen molar-refractivity contribution in [2.24, 2.45) is 0 Å². The number of alkyl halides is 1. The molecule has 3 heteroatoms. The number of rotatable bonds is 9. The molecule has 0 rings (SSSR count). The van der Waals surface area contributed by atoms with Crippen LogP contribution in [0.4, 0.5) is 0 Å². The molecule has 1 atom stereocenters. The first-order valence-electron chi connectivity index (χ1n) is 5.20. The lowest BCUT2D eigenvalue weighted by Crippen LogP contribution is -2.18. The fourth-order valence-corrected chi connectivity index (χ4v) is 1.23. The lowest BCUT2D eigenvalue weighted by Gasteiger charge is -2.05. The molecular formula is C10H22ClNO. The van der Waals surface area contributed by atoms with Crippen molar-refractivity contribution < 1.29 is 4.74 Å². The smallest absolute Gasteiger partial charge is 0.0477 e. The van der Waals surface area contributed by atoms with E-state index in [0.717, 1.165) is 39.1 Å². The van der Waals surface area contributed by atoms with Crippen LogP contribution in [0.2, 0.25) is 0 Å². The molecule has 0 heterocycles. The molecule has 2 nitrogen and oxygen atoms in total. The van der Waals surface area contributed by atoms with Crippen molar-refractivity contribution in [3.8, 4) is 0 Å². The molecule has 0 aliphatic rings. The molecule has 1 unspecified atom stereocenters. The topological polar surface area (TPSA) is 21.3 Å². The van der Waals surface area contributed by atoms with Gasteiger partial charge in [0.2, 0.25) is 0 Å². The summed E-state index contributed by atoms with van der Waals surface area (Å²) >= 11 is 5.81. The number of ether oxygens (including phenoxy) is 1. The van der Waals surface area contributed by atoms with Gasteiger partial charge in [0.15, 0.2) is 0 Å². The van der Waals surface area contributed by atoms with Crippen molar-refractivity contribution in [2.45, 2.75) is 38.5 Å². The third-order valence-electron chi connectivity index (χ3n) is 1.80. The minimum Gasteiger partial charge on any atom is -0.382 e. The highest BCUT2D eigenvalue weighted by atomic mass is 35.5. The summed E-state index contributed by atoms with van der Waals surface area (Å²) in [6.07, 6.45) is 3.36. The van der Waals surface area contributed by atoms with Crippen LogP contribution >= 0.6 is 11.6 Å². The van der Waals surface area contributed by atoms with Gasteiger partial charge in [-0.05, 0) is 46.2 Å². The molecule has 0 amide bonds. The highest BCUT2D eigenvalue weighted by Crippen LogP contribution is 2.01. The first-order chi connectivity index (χ1) is 6.27. The maximum atomic E-state index is 5.81. The molecule has 0 aromatic heterocycles. The standard InChI is InChI=1S/C10H22ClNO/c1-3-13-9-5-8-12-7-4-6-10(2)11/h10,12H,3-9H2,1-2H3. The Labute approximate surface area is 87.0 Å². The fourth-order valence-electron chi connectivity index (χ4n) is 1.08. The van der Waals surface area contributed by atoms with Crippen molar-refractivity contribution in [3.05, 3.63) is 0 Å². The Balaban J connectivity index is 2.84. The summed E-state index contributed by atoms with van der Waals surface area (Å²) < 4.78 is 5.22. The molecule has 0 bridgehead atoms. The quantitative estimate of drug-likeness (QED) is 0.463. The van der Waals surface area contributed by atoms with Gasteiger partial charge >= 0.3 is 0 Å². The minimum atomic E-state index is 0.310. The van der Waals surface area contributed by atoms with E-state index in [9.17, 15) is 0 Å². The summed E-state index contributed by atoms with van der Waals surface area (Å²) in [6, 6.07) is 0. The van der Waals surface area contributed by atoms with Crippen LogP contribution in [0, 0.1) is 0 Å². The Kier molecular flexibility index (Phi) is 10.5. The largest absolute Gasteiger partial charge is 0.382 e. The lowest BCUT2D eigenvalue weighted by atomic mass is 10.2. The molecule has 0 aromatic rings. The first-order valence-corrected chi connectivity index (χ1v) is 5.63. The third kappa shape index (κ3) is 12.2. The van der Waals surface area contributed by atoms with Gasteiger partial charge in [-0.25, -0.2) is 0 Å². The molecule has 0 radical (unpaired) electrons. The molecule has 13 heavy (non-hydrogen) atoms. The lowest BCUT2D eigenvalue weighted by molar-refractivity contribution is 0.145. The Morgan fingerprint density at radius 1 is 1.31 bits per heavy atom. The monoisotopic (exact) mass is 207 g/mol. The zero-order valence-corrected chi connectivity index (χ0v) is 9.57. The molecule has 0 aliphatic heterocycles. The summed E-state index contributed by atoms with van der Waals surface area (Å²) in [5.74, 6) is 0. The fraction of sp³-hybridized carbons (Fsp3) is 1.00. The predicted molar refractivity (Wildman–Crippen MR) is 58.5 cm³/mol. The van der Waals surface area contributed by atoms with Gasteiger partial charge in [0.25, 0.3) is 0 Å². The van der Waals surface area contributed by atoms with Gasteiger partial charge in [0.05, 0.1) is 0 Å². The second-order valence-corrected chi connectivity index (χ2v) is 3.97. The van der Waals surface area contributed by atoms with E-state index < -0.39 is 0 Å². The number of halogens is 1. The number of hydrogen-bond acceptors (Lipinski definition) is 2. The van der Waals surface area contributed by atoms with Crippen molar-refractivity contribution in [1.29, 1.82) is 0 Å². The van der Waals surface area contributed by atoms with Crippen LogP contribution in [0.1, 0.15) is 33.1 Å². The van der Waals surface area contributed by atoms with Crippen LogP contribution in [0.25, 0.3) is 0 Å². The second-order valence-electron chi connectivity index (χ2n) is 3.22. The Hall–Kier alpha value is 0.210. The maximum Gasteiger partial charge on any atom is 0.0477 e. The summed E-state index contributed by atoms with van der Waals surface area (Å²) in [4.78, 5) is 0. The molecule has 0 fully saturated rings. The van der Waals surface area contributed by atoms with Gasteiger partial charge in [-0.3, -0.25) is 0 Å². The van der Waals surface area contributed by atoms with Crippen molar-refractivity contribution in [3.63, 3.8) is 0 Å². The molecule has 0 saturated carbocycles. The Morgan fingerprint density at radius 3 is 2.62 bits per heavy atom. The molecule has 0 saturated heterocycles. The molecule has 80 valence electrons. The van der Waals surface area contributed by atoms with Crippen LogP contribution in [0.5, 0.6) is 0 Å². The van der Waals surface area contributed by atoms with Gasteiger partial charge in [0, 0.05) is 18.6 Å². The highest BCUT2D eigenvalue weighted by Gasteiger charge is 1.94. The van der Waals surface area contributed by atoms with E-state index in [2.05, 4.69) is 5.32 Å². The molecule has 0 aromatic carbocycles. The summed E-state index contributed by atoms with van der Waals surface area (Å²) in [7, 11) is 0. The molecule has 0 aliphatic carbocycles. The summed E-state index contributed by atoms with van der Waals surface area (Å²) in [5.41, 5.74) is 0. The summed E-state index contributed by atoms with van der Waals surface area (Å²) in [6.45, 7) is 7.88. The van der Waals surface area contributed by atoms with Crippen LogP contribution in [0.15, 0.2) is 0 Å². The number of hydrogen-bond donors (Lipinski definition) is 1. The van der Waals surface area contributed by atoms with Crippen LogP contribution in [0.3, 0.4) is 0 Å². The van der Waals surface area contributed by atoms with E-state index in [0.29, 0.717) is 5.38 Å². The van der Waals surface area contributed by atoms with Gasteiger partial charge < -0.3 is 10.1 Å². The van der Waals surface area contributed by atoms with Crippen molar-refractivity contribution in [1.82, 2.24) is 5.32 Å². The van der Waals surface area contributed by atoms with Crippen molar-refractivity contribution in [2.75, 3.05) is 26.3 Å². The van der Waals surface area contributed by atoms with E-state index in [4.69, 9.17) is 16.3 Å². The highest BCUT2D eigenvalue weighted by molar-refractivity contribution is 6.20. The van der Waals surface area contributed by atoms with Gasteiger partial charge in [-0.15, -0.1) is 11.6 Å². The van der Waals surface area contributed by atoms with Crippen molar-refractivity contribution >= 4 is 11.6 Å². The first kappa shape index (κ1) is 13.2. The molecular weight excluding hydrogens is 186 g/mol. The zero-order valence-electron chi connectivity index (χ0n) is 8.81. The molecule has 0 spiro atoms. The predicted octanol–water partition coefficient (Wildman–Crippen LogP) is 2.41. The number of nitrogens with one attached hydrogen (secondary N) is 1. The Bertz CT molecular complexity index is 98.9. The van der Waals surface area contributed by atoms with E-state index in [-0.39, 0.29) is 0 Å². The van der Waals surface area contributed by atoms with E-state index >= 15 is 0 Å². The van der Waals surface area contributed by atoms with E-state index in [1.54, 1.807) is 0 Å². The van der Waals surface area contributed by atoms with Crippen LogP contribution in [-0.4, -0.2) is 31.7 Å². The Morgan fingerprint density at radius 2 is 2.00 bits per heavy atom. The average Bonchev–Trinajstić information content (AvgIpc) is 2.09. The minimum absolute atomic E-state index is 0.310. The van der Waals surface area contributed by atoms with E-state index in [1.807, 2.05) is 13.8 Å². The van der Waals surface area contributed by atoms with Crippen LogP contribution in [-0.2, 0) is 4.74 Å². The van der Waals surface area contributed by atoms with Crippen LogP contribution < -0.4 is 5.32 Å². The normalized spacial score (nSPS) is 13.2. The van der Waals surface area contributed by atoms with Gasteiger partial charge in [-0.1, -0.05) is 0 Å². The third-order valence-corrected chi connectivity index (χ3v) is 2.02. The second kappa shape index (κ2) is 10.3. The SMILES string of the molecule is CCOCCCNCCCC(C)Cl. The zero-order chi connectivity index (χ0) is 9.94. The summed E-state index contributed by atoms with van der Waals surface area (Å²) in [5, 5.41) is 3.67. The molecule has 1 N–H and O–H groups in total. The average molecular weight is 208 g/mol. The van der Waals surface area contributed by atoms with Gasteiger partial charge in [0.1, 0.15) is 0 Å². The van der Waals surface area contributed by atoms with E-state index in [1.165, 1.54) is 6.42 Å². The van der Waals surface area contributed by atoms with Gasteiger partial charge in [-0.2, -0.15) is 0 Å². The maximum absolute atomic E-state index is 5.81.